The summed E-state index contributed by atoms with van der Waals surface area (Å²) in [7, 11) is 1.79. The van der Waals surface area contributed by atoms with Crippen LogP contribution in [0.3, 0.4) is 0 Å². The minimum absolute atomic E-state index is 0.0760. The number of nitrogens with zero attached hydrogens (tertiary/aromatic N) is 3. The molecule has 7 heteroatoms. The topological polar surface area (TPSA) is 74.2 Å². The molecule has 0 radical (unpaired) electrons. The molecule has 0 aromatic carbocycles. The molecule has 1 unspecified atom stereocenters. The number of hydrogen-bond donors (Lipinski definition) is 1. The van der Waals surface area contributed by atoms with Crippen molar-refractivity contribution in [1.82, 2.24) is 15.1 Å². The lowest BCUT2D eigenvalue weighted by Crippen LogP contribution is -2.50. The number of carbonyl (C=O) groups excluding carboxylic acids is 2. The number of amidine groups is 1. The third kappa shape index (κ3) is 4.09. The summed E-state index contributed by atoms with van der Waals surface area (Å²) in [6, 6.07) is -0.229. The predicted molar refractivity (Wildman–Crippen MR) is 79.3 cm³/mol. The van der Waals surface area contributed by atoms with Crippen LogP contribution in [-0.4, -0.2) is 72.5 Å². The second-order valence-electron chi connectivity index (χ2n) is 6.48. The van der Waals surface area contributed by atoms with E-state index in [-0.39, 0.29) is 18.0 Å². The second kappa shape index (κ2) is 5.91. The third-order valence-electron chi connectivity index (χ3n) is 3.43. The molecule has 118 valence electrons. The fourth-order valence-electron chi connectivity index (χ4n) is 2.35. The molecule has 1 fully saturated rings. The Morgan fingerprint density at radius 1 is 1.38 bits per heavy atom. The lowest BCUT2D eigenvalue weighted by atomic mass is 10.2. The number of ether oxygens (including phenoxy) is 1. The first-order chi connectivity index (χ1) is 9.76. The fraction of sp³-hybridized carbons (Fsp3) is 0.786. The van der Waals surface area contributed by atoms with E-state index in [2.05, 4.69) is 10.3 Å². The molecule has 2 aliphatic rings. The first-order valence-corrected chi connectivity index (χ1v) is 7.29. The molecule has 0 aromatic rings. The Bertz CT molecular complexity index is 456. The van der Waals surface area contributed by atoms with Gasteiger partial charge in [-0.2, -0.15) is 0 Å². The Morgan fingerprint density at radius 2 is 2.10 bits per heavy atom. The molecule has 2 rings (SSSR count). The summed E-state index contributed by atoms with van der Waals surface area (Å²) in [5, 5.41) is 3.16. The maximum atomic E-state index is 12.1. The maximum Gasteiger partial charge on any atom is 0.410 e. The van der Waals surface area contributed by atoms with E-state index in [9.17, 15) is 9.59 Å². The van der Waals surface area contributed by atoms with E-state index in [4.69, 9.17) is 4.74 Å². The number of aliphatic imine (C=N–C) groups is 1. The van der Waals surface area contributed by atoms with Gasteiger partial charge in [0.25, 0.3) is 0 Å². The van der Waals surface area contributed by atoms with Gasteiger partial charge in [0, 0.05) is 20.1 Å². The van der Waals surface area contributed by atoms with Crippen LogP contribution in [0.4, 0.5) is 4.79 Å². The quantitative estimate of drug-likeness (QED) is 0.762. The van der Waals surface area contributed by atoms with Crippen molar-refractivity contribution in [3.8, 4) is 0 Å². The molecule has 0 aliphatic carbocycles. The molecule has 1 N–H and O–H groups in total. The zero-order valence-corrected chi connectivity index (χ0v) is 13.2. The fourth-order valence-corrected chi connectivity index (χ4v) is 2.35. The van der Waals surface area contributed by atoms with Crippen molar-refractivity contribution in [3.05, 3.63) is 0 Å². The Morgan fingerprint density at radius 3 is 2.67 bits per heavy atom. The van der Waals surface area contributed by atoms with Crippen LogP contribution >= 0.6 is 0 Å². The number of rotatable bonds is 1. The summed E-state index contributed by atoms with van der Waals surface area (Å²) in [4.78, 5) is 31.6. The molecule has 1 atom stereocenters. The summed E-state index contributed by atoms with van der Waals surface area (Å²) in [6.45, 7) is 7.71. The highest BCUT2D eigenvalue weighted by atomic mass is 16.6. The van der Waals surface area contributed by atoms with Crippen LogP contribution in [0.15, 0.2) is 4.99 Å². The molecule has 0 saturated carbocycles. The molecular weight excluding hydrogens is 272 g/mol. The van der Waals surface area contributed by atoms with Crippen LogP contribution in [0.5, 0.6) is 0 Å². The van der Waals surface area contributed by atoms with Crippen LogP contribution in [0.25, 0.3) is 0 Å². The van der Waals surface area contributed by atoms with E-state index in [1.54, 1.807) is 16.8 Å². The molecule has 2 aliphatic heterocycles. The van der Waals surface area contributed by atoms with Gasteiger partial charge in [-0.15, -0.1) is 0 Å². The zero-order chi connectivity index (χ0) is 15.6. The van der Waals surface area contributed by atoms with Crippen LogP contribution < -0.4 is 5.32 Å². The van der Waals surface area contributed by atoms with E-state index in [0.717, 1.165) is 13.0 Å². The maximum absolute atomic E-state index is 12.1. The summed E-state index contributed by atoms with van der Waals surface area (Å²) in [5.74, 6) is 0.757. The van der Waals surface area contributed by atoms with Crippen LogP contribution in [0, 0.1) is 0 Å². The number of carbonyl (C=O) groups is 2. The van der Waals surface area contributed by atoms with Crippen molar-refractivity contribution >= 4 is 17.8 Å². The van der Waals surface area contributed by atoms with Crippen molar-refractivity contribution in [2.45, 2.75) is 38.8 Å². The van der Waals surface area contributed by atoms with E-state index in [1.165, 1.54) is 0 Å². The van der Waals surface area contributed by atoms with Gasteiger partial charge in [0.2, 0.25) is 5.91 Å². The van der Waals surface area contributed by atoms with E-state index >= 15 is 0 Å². The zero-order valence-electron chi connectivity index (χ0n) is 13.2. The molecule has 7 nitrogen and oxygen atoms in total. The lowest BCUT2D eigenvalue weighted by molar-refractivity contribution is -0.127. The average molecular weight is 296 g/mol. The number of likely N-dealkylation sites (N-methyl/N-ethyl adjacent to an activating group) is 1. The summed E-state index contributed by atoms with van der Waals surface area (Å²) < 4.78 is 5.36. The van der Waals surface area contributed by atoms with Crippen molar-refractivity contribution in [2.24, 2.45) is 4.99 Å². The van der Waals surface area contributed by atoms with E-state index < -0.39 is 5.60 Å². The third-order valence-corrected chi connectivity index (χ3v) is 3.43. The Labute approximate surface area is 125 Å². The van der Waals surface area contributed by atoms with Crippen molar-refractivity contribution in [3.63, 3.8) is 0 Å². The summed E-state index contributed by atoms with van der Waals surface area (Å²) in [6.07, 6.45) is 0.424. The largest absolute Gasteiger partial charge is 0.444 e. The Kier molecular flexibility index (Phi) is 4.39. The van der Waals surface area contributed by atoms with E-state index in [1.807, 2.05) is 20.8 Å². The smallest absolute Gasteiger partial charge is 0.410 e. The summed E-state index contributed by atoms with van der Waals surface area (Å²) >= 11 is 0. The molecular formula is C14H24N4O3. The second-order valence-corrected chi connectivity index (χ2v) is 6.48. The van der Waals surface area contributed by atoms with E-state index in [0.29, 0.717) is 25.5 Å². The van der Waals surface area contributed by atoms with Crippen molar-refractivity contribution < 1.29 is 14.3 Å². The van der Waals surface area contributed by atoms with Gasteiger partial charge in [-0.25, -0.2) is 4.79 Å². The van der Waals surface area contributed by atoms with Gasteiger partial charge in [-0.1, -0.05) is 0 Å². The number of hydrogen-bond acceptors (Lipinski definition) is 5. The molecule has 21 heavy (non-hydrogen) atoms. The molecule has 0 spiro atoms. The normalized spacial score (nSPS) is 23.1. The van der Waals surface area contributed by atoms with Gasteiger partial charge in [-0.3, -0.25) is 14.7 Å². The average Bonchev–Trinajstić information content (AvgIpc) is 2.69. The van der Waals surface area contributed by atoms with Crippen LogP contribution in [-0.2, 0) is 9.53 Å². The lowest BCUT2D eigenvalue weighted by Gasteiger charge is -2.30. The number of amides is 2. The molecule has 1 saturated heterocycles. The Hall–Kier alpha value is -1.79. The van der Waals surface area contributed by atoms with Crippen molar-refractivity contribution in [2.75, 3.05) is 33.2 Å². The first kappa shape index (κ1) is 15.6. The molecule has 0 aromatic heterocycles. The molecule has 2 amide bonds. The number of likely N-dealkylation sites (tertiary alicyclic amines) is 1. The van der Waals surface area contributed by atoms with Gasteiger partial charge < -0.3 is 15.0 Å². The van der Waals surface area contributed by atoms with Gasteiger partial charge in [0.1, 0.15) is 17.5 Å². The summed E-state index contributed by atoms with van der Waals surface area (Å²) in [5.41, 5.74) is -0.511. The monoisotopic (exact) mass is 296 g/mol. The van der Waals surface area contributed by atoms with Gasteiger partial charge in [-0.05, 0) is 27.2 Å². The standard InChI is InChI=1S/C14H24N4O3/c1-14(2,3)21-13(20)18-8-6-15-11(9-18)16-10-5-7-17(4)12(10)19/h10H,5-9H2,1-4H3,(H,15,16). The minimum Gasteiger partial charge on any atom is -0.444 e. The van der Waals surface area contributed by atoms with Crippen molar-refractivity contribution in [1.29, 1.82) is 0 Å². The highest BCUT2D eigenvalue weighted by molar-refractivity contribution is 5.93. The minimum atomic E-state index is -0.511. The SMILES string of the molecule is CN1CCC(NC2=NCCN(C(=O)OC(C)(C)C)C2)C1=O. The molecule has 0 bridgehead atoms. The Balaban J connectivity index is 1.90. The highest BCUT2D eigenvalue weighted by Gasteiger charge is 2.31. The molecule has 2 heterocycles. The highest BCUT2D eigenvalue weighted by Crippen LogP contribution is 2.12. The van der Waals surface area contributed by atoms with Crippen LogP contribution in [0.2, 0.25) is 0 Å². The van der Waals surface area contributed by atoms with Crippen LogP contribution in [0.1, 0.15) is 27.2 Å². The first-order valence-electron chi connectivity index (χ1n) is 7.29. The van der Waals surface area contributed by atoms with Gasteiger partial charge in [0.05, 0.1) is 13.1 Å². The predicted octanol–water partition coefficient (Wildman–Crippen LogP) is 0.456. The number of nitrogens with one attached hydrogen (secondary N) is 1. The van der Waals surface area contributed by atoms with Gasteiger partial charge in [0.15, 0.2) is 0 Å². The van der Waals surface area contributed by atoms with Gasteiger partial charge >= 0.3 is 6.09 Å².